The lowest BCUT2D eigenvalue weighted by Gasteiger charge is -1.98. The summed E-state index contributed by atoms with van der Waals surface area (Å²) in [6.07, 6.45) is 0. The molecule has 1 aromatic carbocycles. The molecule has 6 nitrogen and oxygen atoms in total. The van der Waals surface area contributed by atoms with E-state index in [-0.39, 0.29) is 5.82 Å². The summed E-state index contributed by atoms with van der Waals surface area (Å²) in [5, 5.41) is 10.3. The molecule has 0 aliphatic carbocycles. The molecule has 90 valence electrons. The number of aryl methyl sites for hydroxylation is 1. The van der Waals surface area contributed by atoms with Crippen LogP contribution >= 0.6 is 0 Å². The van der Waals surface area contributed by atoms with Gasteiger partial charge in [-0.15, -0.1) is 0 Å². The van der Waals surface area contributed by atoms with Gasteiger partial charge in [0.25, 0.3) is 15.2 Å². The Bertz CT molecular complexity index is 665. The minimum absolute atomic E-state index is 0.0768. The van der Waals surface area contributed by atoms with Crippen LogP contribution in [0.5, 0.6) is 0 Å². The summed E-state index contributed by atoms with van der Waals surface area (Å²) >= 11 is 0. The average Bonchev–Trinajstić information content (AvgIpc) is 2.70. The van der Waals surface area contributed by atoms with E-state index in [2.05, 4.69) is 15.2 Å². The molecule has 2 aromatic rings. The van der Waals surface area contributed by atoms with Crippen LogP contribution in [0.1, 0.15) is 5.56 Å². The topological polar surface area (TPSA) is 102 Å². The maximum atomic E-state index is 13.3. The summed E-state index contributed by atoms with van der Waals surface area (Å²) in [4.78, 5) is 3.68. The second kappa shape index (κ2) is 3.90. The zero-order valence-corrected chi connectivity index (χ0v) is 9.62. The predicted molar refractivity (Wildman–Crippen MR) is 57.9 cm³/mol. The van der Waals surface area contributed by atoms with Crippen LogP contribution in [0.2, 0.25) is 0 Å². The third kappa shape index (κ3) is 2.32. The number of halogens is 1. The van der Waals surface area contributed by atoms with Crippen molar-refractivity contribution in [1.29, 1.82) is 0 Å². The van der Waals surface area contributed by atoms with E-state index in [1.807, 2.05) is 0 Å². The van der Waals surface area contributed by atoms with Gasteiger partial charge in [0, 0.05) is 5.56 Å². The van der Waals surface area contributed by atoms with Crippen LogP contribution in [0.4, 0.5) is 4.39 Å². The molecule has 0 saturated heterocycles. The van der Waals surface area contributed by atoms with Crippen LogP contribution < -0.4 is 5.14 Å². The lowest BCUT2D eigenvalue weighted by molar-refractivity contribution is 0.589. The van der Waals surface area contributed by atoms with Crippen molar-refractivity contribution >= 4 is 10.0 Å². The highest BCUT2D eigenvalue weighted by molar-refractivity contribution is 7.89. The Morgan fingerprint density at radius 1 is 1.41 bits per heavy atom. The molecule has 3 N–H and O–H groups in total. The SMILES string of the molecule is Cc1ccc(-c2n[nH]c(S(N)(=O)=O)n2)cc1F. The number of hydrogen-bond acceptors (Lipinski definition) is 4. The lowest BCUT2D eigenvalue weighted by Crippen LogP contribution is -2.13. The van der Waals surface area contributed by atoms with E-state index >= 15 is 0 Å². The molecule has 0 saturated carbocycles. The molecule has 17 heavy (non-hydrogen) atoms. The van der Waals surface area contributed by atoms with Crippen LogP contribution in [-0.4, -0.2) is 23.6 Å². The third-order valence-corrected chi connectivity index (χ3v) is 2.89. The van der Waals surface area contributed by atoms with Crippen LogP contribution in [0, 0.1) is 12.7 Å². The second-order valence-electron chi connectivity index (χ2n) is 3.47. The maximum Gasteiger partial charge on any atom is 0.273 e. The first-order valence-corrected chi connectivity index (χ1v) is 6.14. The molecule has 0 aliphatic heterocycles. The van der Waals surface area contributed by atoms with Crippen molar-refractivity contribution in [3.63, 3.8) is 0 Å². The molecule has 2 rings (SSSR count). The van der Waals surface area contributed by atoms with Gasteiger partial charge in [0.15, 0.2) is 5.82 Å². The number of nitrogens with zero attached hydrogens (tertiary/aromatic N) is 2. The highest BCUT2D eigenvalue weighted by Gasteiger charge is 2.15. The monoisotopic (exact) mass is 256 g/mol. The van der Waals surface area contributed by atoms with Crippen molar-refractivity contribution in [1.82, 2.24) is 15.2 Å². The third-order valence-electron chi connectivity index (χ3n) is 2.16. The summed E-state index contributed by atoms with van der Waals surface area (Å²) in [5.41, 5.74) is 0.857. The highest BCUT2D eigenvalue weighted by atomic mass is 32.2. The Balaban J connectivity index is 2.47. The van der Waals surface area contributed by atoms with Crippen molar-refractivity contribution in [2.24, 2.45) is 5.14 Å². The van der Waals surface area contributed by atoms with Gasteiger partial charge >= 0.3 is 0 Å². The van der Waals surface area contributed by atoms with Gasteiger partial charge in [-0.05, 0) is 18.6 Å². The Kier molecular flexibility index (Phi) is 2.68. The van der Waals surface area contributed by atoms with E-state index in [9.17, 15) is 12.8 Å². The van der Waals surface area contributed by atoms with Crippen LogP contribution in [-0.2, 0) is 10.0 Å². The first kappa shape index (κ1) is 11.7. The number of aromatic nitrogens is 3. The van der Waals surface area contributed by atoms with Crippen molar-refractivity contribution in [2.45, 2.75) is 12.1 Å². The Labute approximate surface area is 96.7 Å². The van der Waals surface area contributed by atoms with Gasteiger partial charge in [-0.2, -0.15) is 10.1 Å². The first-order chi connectivity index (χ1) is 7.88. The number of H-pyrrole nitrogens is 1. The number of nitrogens with one attached hydrogen (secondary N) is 1. The Hall–Kier alpha value is -1.80. The summed E-state index contributed by atoms with van der Waals surface area (Å²) in [6, 6.07) is 4.37. The number of primary sulfonamides is 1. The lowest BCUT2D eigenvalue weighted by atomic mass is 10.1. The number of nitrogens with two attached hydrogens (primary N) is 1. The molecule has 0 spiro atoms. The molecular formula is C9H9FN4O2S. The van der Waals surface area contributed by atoms with Crippen molar-refractivity contribution < 1.29 is 12.8 Å². The van der Waals surface area contributed by atoms with Gasteiger partial charge in [-0.25, -0.2) is 23.0 Å². The molecule has 0 amide bonds. The molecule has 0 atom stereocenters. The highest BCUT2D eigenvalue weighted by Crippen LogP contribution is 2.18. The van der Waals surface area contributed by atoms with E-state index < -0.39 is 21.0 Å². The van der Waals surface area contributed by atoms with Crippen molar-refractivity contribution in [2.75, 3.05) is 0 Å². The zero-order chi connectivity index (χ0) is 12.6. The van der Waals surface area contributed by atoms with E-state index in [1.165, 1.54) is 6.07 Å². The Morgan fingerprint density at radius 2 is 2.12 bits per heavy atom. The summed E-state index contributed by atoms with van der Waals surface area (Å²) < 4.78 is 35.2. The van der Waals surface area contributed by atoms with Crippen LogP contribution in [0.25, 0.3) is 11.4 Å². The van der Waals surface area contributed by atoms with Gasteiger partial charge in [0.1, 0.15) is 5.82 Å². The number of benzene rings is 1. The molecule has 0 fully saturated rings. The van der Waals surface area contributed by atoms with Crippen molar-refractivity contribution in [3.8, 4) is 11.4 Å². The summed E-state index contributed by atoms with van der Waals surface area (Å²) in [5.74, 6) is -0.336. The molecule has 1 heterocycles. The standard InChI is InChI=1S/C9H9FN4O2S/c1-5-2-3-6(4-7(5)10)8-12-9(14-13-8)17(11,15)16/h2-4H,1H3,(H2,11,15,16)(H,12,13,14). The van der Waals surface area contributed by atoms with Crippen LogP contribution in [0.3, 0.4) is 0 Å². The van der Waals surface area contributed by atoms with E-state index in [0.29, 0.717) is 11.1 Å². The molecule has 0 radical (unpaired) electrons. The molecule has 1 aromatic heterocycles. The van der Waals surface area contributed by atoms with Crippen LogP contribution in [0.15, 0.2) is 23.4 Å². The minimum atomic E-state index is -3.93. The maximum absolute atomic E-state index is 13.3. The fraction of sp³-hybridized carbons (Fsp3) is 0.111. The average molecular weight is 256 g/mol. The fourth-order valence-electron chi connectivity index (χ4n) is 1.24. The number of rotatable bonds is 2. The normalized spacial score (nSPS) is 11.7. The number of hydrogen-bond donors (Lipinski definition) is 2. The smallest absolute Gasteiger partial charge is 0.248 e. The van der Waals surface area contributed by atoms with Gasteiger partial charge in [0.05, 0.1) is 0 Å². The largest absolute Gasteiger partial charge is 0.273 e. The quantitative estimate of drug-likeness (QED) is 0.819. The van der Waals surface area contributed by atoms with E-state index in [0.717, 1.165) is 0 Å². The van der Waals surface area contributed by atoms with Crippen molar-refractivity contribution in [3.05, 3.63) is 29.6 Å². The molecule has 0 aliphatic rings. The minimum Gasteiger partial charge on any atom is -0.248 e. The van der Waals surface area contributed by atoms with E-state index in [4.69, 9.17) is 5.14 Å². The molecule has 0 unspecified atom stereocenters. The molecular weight excluding hydrogens is 247 g/mol. The predicted octanol–water partition coefficient (Wildman–Crippen LogP) is 0.567. The summed E-state index contributed by atoms with van der Waals surface area (Å²) in [7, 11) is -3.93. The summed E-state index contributed by atoms with van der Waals surface area (Å²) in [6.45, 7) is 1.62. The van der Waals surface area contributed by atoms with Gasteiger partial charge in [-0.1, -0.05) is 12.1 Å². The zero-order valence-electron chi connectivity index (χ0n) is 8.81. The molecule has 0 bridgehead atoms. The van der Waals surface area contributed by atoms with Gasteiger partial charge in [-0.3, -0.25) is 0 Å². The number of aromatic amines is 1. The fourth-order valence-corrected chi connectivity index (χ4v) is 1.62. The number of sulfonamides is 1. The second-order valence-corrected chi connectivity index (χ2v) is 4.95. The van der Waals surface area contributed by atoms with Gasteiger partial charge in [0.2, 0.25) is 0 Å². The molecule has 8 heteroatoms. The Morgan fingerprint density at radius 3 is 2.65 bits per heavy atom. The first-order valence-electron chi connectivity index (χ1n) is 4.59. The van der Waals surface area contributed by atoms with Gasteiger partial charge < -0.3 is 0 Å². The van der Waals surface area contributed by atoms with E-state index in [1.54, 1.807) is 19.1 Å².